The summed E-state index contributed by atoms with van der Waals surface area (Å²) in [6.45, 7) is 0.980. The van der Waals surface area contributed by atoms with Crippen LogP contribution >= 0.6 is 0 Å². The second-order valence-electron chi connectivity index (χ2n) is 5.64. The van der Waals surface area contributed by atoms with Gasteiger partial charge in [0.1, 0.15) is 23.9 Å². The molecular weight excluding hydrogens is 320 g/mol. The molecule has 0 amide bonds. The fraction of sp³-hybridized carbons (Fsp3) is 0.158. The van der Waals surface area contributed by atoms with Crippen LogP contribution in [0.15, 0.2) is 71.7 Å². The van der Waals surface area contributed by atoms with E-state index in [1.807, 2.05) is 54.6 Å². The predicted octanol–water partition coefficient (Wildman–Crippen LogP) is 2.88. The highest BCUT2D eigenvalue weighted by Crippen LogP contribution is 2.24. The molecule has 6 nitrogen and oxygen atoms in total. The molecule has 126 valence electrons. The summed E-state index contributed by atoms with van der Waals surface area (Å²) < 4.78 is 18.9. The smallest absolute Gasteiger partial charge is 0.300 e. The number of para-hydroxylation sites is 1. The Labute approximate surface area is 144 Å². The van der Waals surface area contributed by atoms with E-state index in [1.165, 1.54) is 6.07 Å². The van der Waals surface area contributed by atoms with E-state index in [4.69, 9.17) is 14.2 Å². The van der Waals surface area contributed by atoms with Gasteiger partial charge in [-0.2, -0.15) is 4.98 Å². The van der Waals surface area contributed by atoms with Crippen LogP contribution < -0.4 is 19.8 Å². The van der Waals surface area contributed by atoms with Gasteiger partial charge in [0, 0.05) is 12.3 Å². The first-order valence-electron chi connectivity index (χ1n) is 7.96. The van der Waals surface area contributed by atoms with Crippen LogP contribution in [0, 0.1) is 0 Å². The molecule has 0 fully saturated rings. The van der Waals surface area contributed by atoms with Crippen molar-refractivity contribution in [2.75, 3.05) is 6.61 Å². The van der Waals surface area contributed by atoms with Crippen molar-refractivity contribution in [2.24, 2.45) is 0 Å². The minimum Gasteiger partial charge on any atom is -0.490 e. The molecule has 2 aromatic carbocycles. The van der Waals surface area contributed by atoms with Gasteiger partial charge in [-0.1, -0.05) is 18.2 Å². The largest absolute Gasteiger partial charge is 0.490 e. The maximum absolute atomic E-state index is 11.2. The second-order valence-corrected chi connectivity index (χ2v) is 5.64. The standard InChI is InChI=1S/C19H16N2O4/c22-18-10-11-21-12-17(25-19(21)20-18)13-23-14-6-8-16(9-7-14)24-15-4-2-1-3-5-15/h1-11,17H,12-13H2/t17-/m0/s1. The van der Waals surface area contributed by atoms with E-state index in [0.29, 0.717) is 19.2 Å². The van der Waals surface area contributed by atoms with Crippen LogP contribution in [0.4, 0.5) is 0 Å². The van der Waals surface area contributed by atoms with Gasteiger partial charge in [-0.05, 0) is 36.4 Å². The summed E-state index contributed by atoms with van der Waals surface area (Å²) in [4.78, 5) is 15.1. The minimum absolute atomic E-state index is 0.172. The molecule has 1 atom stereocenters. The topological polar surface area (TPSA) is 62.6 Å². The molecule has 25 heavy (non-hydrogen) atoms. The number of rotatable bonds is 5. The third kappa shape index (κ3) is 3.63. The number of fused-ring (bicyclic) bond motifs is 1. The van der Waals surface area contributed by atoms with Crippen molar-refractivity contribution in [1.82, 2.24) is 9.55 Å². The number of hydrogen-bond donors (Lipinski definition) is 0. The maximum Gasteiger partial charge on any atom is 0.300 e. The monoisotopic (exact) mass is 336 g/mol. The molecule has 0 spiro atoms. The summed E-state index contributed by atoms with van der Waals surface area (Å²) in [7, 11) is 0. The van der Waals surface area contributed by atoms with Gasteiger partial charge in [0.15, 0.2) is 6.10 Å². The number of ether oxygens (including phenoxy) is 3. The van der Waals surface area contributed by atoms with Gasteiger partial charge < -0.3 is 14.2 Å². The Bertz CT molecular complexity index is 907. The summed E-state index contributed by atoms with van der Waals surface area (Å²) >= 11 is 0. The Morgan fingerprint density at radius 3 is 2.52 bits per heavy atom. The van der Waals surface area contributed by atoms with Crippen LogP contribution in [-0.2, 0) is 6.54 Å². The van der Waals surface area contributed by atoms with Gasteiger partial charge in [-0.15, -0.1) is 0 Å². The van der Waals surface area contributed by atoms with E-state index in [1.54, 1.807) is 10.8 Å². The quantitative estimate of drug-likeness (QED) is 0.717. The lowest BCUT2D eigenvalue weighted by Crippen LogP contribution is -2.23. The molecule has 3 aromatic rings. The van der Waals surface area contributed by atoms with Crippen molar-refractivity contribution in [2.45, 2.75) is 12.6 Å². The van der Waals surface area contributed by atoms with Crippen molar-refractivity contribution in [3.8, 4) is 23.3 Å². The van der Waals surface area contributed by atoms with Crippen molar-refractivity contribution in [3.63, 3.8) is 0 Å². The molecule has 0 bridgehead atoms. The van der Waals surface area contributed by atoms with E-state index in [-0.39, 0.29) is 11.7 Å². The molecule has 0 N–H and O–H groups in total. The van der Waals surface area contributed by atoms with Gasteiger partial charge in [0.25, 0.3) is 11.6 Å². The highest BCUT2D eigenvalue weighted by atomic mass is 16.6. The lowest BCUT2D eigenvalue weighted by molar-refractivity contribution is 0.143. The lowest BCUT2D eigenvalue weighted by atomic mass is 10.3. The van der Waals surface area contributed by atoms with Gasteiger partial charge in [0.2, 0.25) is 0 Å². The molecule has 0 saturated heterocycles. The summed E-state index contributed by atoms with van der Waals surface area (Å²) in [6, 6.07) is 18.8. The van der Waals surface area contributed by atoms with Crippen LogP contribution in [0.5, 0.6) is 23.3 Å². The minimum atomic E-state index is -0.304. The Kier molecular flexibility index (Phi) is 4.08. The van der Waals surface area contributed by atoms with Crippen LogP contribution in [-0.4, -0.2) is 22.3 Å². The number of nitrogens with zero attached hydrogens (tertiary/aromatic N) is 2. The van der Waals surface area contributed by atoms with Gasteiger partial charge in [0.05, 0.1) is 6.54 Å². The highest BCUT2D eigenvalue weighted by Gasteiger charge is 2.23. The van der Waals surface area contributed by atoms with Crippen molar-refractivity contribution in [1.29, 1.82) is 0 Å². The third-order valence-electron chi connectivity index (χ3n) is 3.76. The summed E-state index contributed by atoms with van der Waals surface area (Å²) in [5, 5.41) is 0. The fourth-order valence-corrected chi connectivity index (χ4v) is 2.56. The zero-order valence-corrected chi connectivity index (χ0v) is 13.4. The van der Waals surface area contributed by atoms with Gasteiger partial charge in [-0.3, -0.25) is 9.36 Å². The molecule has 1 aromatic heterocycles. The Morgan fingerprint density at radius 2 is 1.72 bits per heavy atom. The molecular formula is C19H16N2O4. The van der Waals surface area contributed by atoms with E-state index in [2.05, 4.69) is 4.98 Å². The SMILES string of the molecule is O=c1ccn2c(n1)O[C@H](COc1ccc(Oc3ccccc3)cc1)C2. The third-order valence-corrected chi connectivity index (χ3v) is 3.76. The first-order valence-corrected chi connectivity index (χ1v) is 7.96. The van der Waals surface area contributed by atoms with Crippen LogP contribution in [0.3, 0.4) is 0 Å². The average molecular weight is 336 g/mol. The summed E-state index contributed by atoms with van der Waals surface area (Å²) in [6.07, 6.45) is 1.51. The van der Waals surface area contributed by atoms with E-state index < -0.39 is 0 Å². The van der Waals surface area contributed by atoms with Gasteiger partial charge in [-0.25, -0.2) is 0 Å². The number of benzene rings is 2. The van der Waals surface area contributed by atoms with Crippen molar-refractivity contribution < 1.29 is 14.2 Å². The molecule has 1 aliphatic rings. The summed E-state index contributed by atoms with van der Waals surface area (Å²) in [5.41, 5.74) is -0.304. The predicted molar refractivity (Wildman–Crippen MR) is 91.4 cm³/mol. The summed E-state index contributed by atoms with van der Waals surface area (Å²) in [5.74, 6) is 2.25. The van der Waals surface area contributed by atoms with E-state index in [9.17, 15) is 4.79 Å². The highest BCUT2D eigenvalue weighted by molar-refractivity contribution is 5.35. The lowest BCUT2D eigenvalue weighted by Gasteiger charge is -2.11. The molecule has 0 unspecified atom stereocenters. The second kappa shape index (κ2) is 6.68. The molecule has 6 heteroatoms. The molecule has 0 saturated carbocycles. The van der Waals surface area contributed by atoms with E-state index >= 15 is 0 Å². The number of hydrogen-bond acceptors (Lipinski definition) is 5. The first kappa shape index (κ1) is 15.3. The molecule has 2 heterocycles. The maximum atomic E-state index is 11.2. The average Bonchev–Trinajstić information content (AvgIpc) is 3.04. The van der Waals surface area contributed by atoms with Crippen LogP contribution in [0.2, 0.25) is 0 Å². The van der Waals surface area contributed by atoms with Crippen LogP contribution in [0.25, 0.3) is 0 Å². The molecule has 1 aliphatic heterocycles. The first-order chi connectivity index (χ1) is 12.3. The number of aromatic nitrogens is 2. The van der Waals surface area contributed by atoms with Crippen molar-refractivity contribution in [3.05, 3.63) is 77.2 Å². The van der Waals surface area contributed by atoms with Crippen LogP contribution in [0.1, 0.15) is 0 Å². The fourth-order valence-electron chi connectivity index (χ4n) is 2.56. The van der Waals surface area contributed by atoms with Gasteiger partial charge >= 0.3 is 0 Å². The molecule has 4 rings (SSSR count). The molecule has 0 radical (unpaired) electrons. The van der Waals surface area contributed by atoms with Crippen molar-refractivity contribution >= 4 is 0 Å². The Hall–Kier alpha value is -3.28. The van der Waals surface area contributed by atoms with E-state index in [0.717, 1.165) is 17.2 Å². The molecule has 0 aliphatic carbocycles. The Morgan fingerprint density at radius 1 is 1.00 bits per heavy atom. The Balaban J connectivity index is 1.33. The zero-order valence-electron chi connectivity index (χ0n) is 13.4. The normalized spacial score (nSPS) is 15.3. The zero-order chi connectivity index (χ0) is 17.1.